The molecule has 0 radical (unpaired) electrons. The average molecular weight is 258 g/mol. The number of carboxylic acids is 1. The van der Waals surface area contributed by atoms with Crippen LogP contribution in [0.5, 0.6) is 0 Å². The third kappa shape index (κ3) is 3.24. The fraction of sp³-hybridized carbons (Fsp3) is 0.636. The normalized spacial score (nSPS) is 13.7. The molecule has 1 unspecified atom stereocenters. The number of nitrogens with zero attached hydrogens (tertiary/aromatic N) is 1. The van der Waals surface area contributed by atoms with Crippen molar-refractivity contribution in [1.82, 2.24) is 4.98 Å². The first-order valence-corrected chi connectivity index (χ1v) is 6.06. The third-order valence-electron chi connectivity index (χ3n) is 2.39. The molecule has 0 saturated carbocycles. The first kappa shape index (κ1) is 14.1. The van der Waals surface area contributed by atoms with Crippen molar-refractivity contribution in [1.29, 1.82) is 0 Å². The molecular weight excluding hydrogens is 240 g/mol. The Bertz CT molecular complexity index is 409. The zero-order valence-electron chi connectivity index (χ0n) is 10.5. The van der Waals surface area contributed by atoms with Crippen LogP contribution in [0.4, 0.5) is 0 Å². The van der Waals surface area contributed by atoms with E-state index in [-0.39, 0.29) is 22.9 Å². The minimum absolute atomic E-state index is 0.155. The number of hydrogen-bond acceptors (Lipinski definition) is 5. The molecule has 0 aliphatic carbocycles. The van der Waals surface area contributed by atoms with E-state index in [2.05, 4.69) is 4.98 Å². The van der Waals surface area contributed by atoms with Crippen molar-refractivity contribution in [2.75, 3.05) is 7.11 Å². The lowest BCUT2D eigenvalue weighted by atomic mass is 9.88. The van der Waals surface area contributed by atoms with E-state index >= 15 is 0 Å². The van der Waals surface area contributed by atoms with Gasteiger partial charge < -0.3 is 15.6 Å². The van der Waals surface area contributed by atoms with Crippen LogP contribution in [0.1, 0.15) is 47.2 Å². The van der Waals surface area contributed by atoms with Gasteiger partial charge in [0.15, 0.2) is 0 Å². The monoisotopic (exact) mass is 258 g/mol. The number of rotatable bonds is 4. The van der Waals surface area contributed by atoms with Gasteiger partial charge in [-0.05, 0) is 5.41 Å². The fourth-order valence-electron chi connectivity index (χ4n) is 1.28. The van der Waals surface area contributed by atoms with Crippen LogP contribution in [-0.4, -0.2) is 23.2 Å². The summed E-state index contributed by atoms with van der Waals surface area (Å²) in [5.41, 5.74) is 6.35. The maximum absolute atomic E-state index is 11.1. The molecule has 1 rings (SSSR count). The maximum Gasteiger partial charge on any atom is 0.347 e. The Kier molecular flexibility index (Phi) is 4.24. The number of nitrogens with two attached hydrogens (primary N) is 1. The predicted octanol–water partition coefficient (Wildman–Crippen LogP) is 2.03. The van der Waals surface area contributed by atoms with Gasteiger partial charge in [0, 0.05) is 7.11 Å². The quantitative estimate of drug-likeness (QED) is 0.863. The van der Waals surface area contributed by atoms with E-state index in [4.69, 9.17) is 15.6 Å². The largest absolute Gasteiger partial charge is 0.477 e. The summed E-state index contributed by atoms with van der Waals surface area (Å²) in [4.78, 5) is 15.5. The second kappa shape index (κ2) is 5.12. The zero-order chi connectivity index (χ0) is 13.2. The molecule has 0 aliphatic rings. The highest BCUT2D eigenvalue weighted by Gasteiger charge is 2.28. The Morgan fingerprint density at radius 2 is 2.18 bits per heavy atom. The van der Waals surface area contributed by atoms with Crippen LogP contribution >= 0.6 is 11.3 Å². The van der Waals surface area contributed by atoms with Crippen molar-refractivity contribution in [3.63, 3.8) is 0 Å². The maximum atomic E-state index is 11.1. The minimum Gasteiger partial charge on any atom is -0.477 e. The van der Waals surface area contributed by atoms with Gasteiger partial charge in [0.05, 0.1) is 18.3 Å². The Morgan fingerprint density at radius 1 is 1.59 bits per heavy atom. The highest BCUT2D eigenvalue weighted by Crippen LogP contribution is 2.34. The number of ether oxygens (including phenoxy) is 1. The number of carboxylic acid groups (broad SMARTS) is 1. The molecule has 17 heavy (non-hydrogen) atoms. The number of methoxy groups -OCH3 is 1. The van der Waals surface area contributed by atoms with Crippen molar-refractivity contribution in [2.45, 2.75) is 33.4 Å². The number of aromatic carboxylic acids is 1. The molecule has 0 aromatic carbocycles. The van der Waals surface area contributed by atoms with Gasteiger partial charge in [-0.3, -0.25) is 0 Å². The van der Waals surface area contributed by atoms with Crippen LogP contribution < -0.4 is 5.73 Å². The van der Waals surface area contributed by atoms with Gasteiger partial charge in [0.1, 0.15) is 9.88 Å². The number of thiazole rings is 1. The van der Waals surface area contributed by atoms with E-state index in [1.165, 1.54) is 7.11 Å². The van der Waals surface area contributed by atoms with E-state index in [0.717, 1.165) is 11.3 Å². The summed E-state index contributed by atoms with van der Waals surface area (Å²) >= 11 is 1.13. The molecule has 5 nitrogen and oxygen atoms in total. The molecule has 0 fully saturated rings. The molecule has 1 heterocycles. The molecule has 0 spiro atoms. The predicted molar refractivity (Wildman–Crippen MR) is 66.2 cm³/mol. The van der Waals surface area contributed by atoms with E-state index < -0.39 is 5.97 Å². The lowest BCUT2D eigenvalue weighted by Gasteiger charge is -2.24. The van der Waals surface area contributed by atoms with E-state index in [1.54, 1.807) is 0 Å². The Balaban J connectivity index is 3.11. The van der Waals surface area contributed by atoms with Crippen molar-refractivity contribution >= 4 is 17.3 Å². The van der Waals surface area contributed by atoms with E-state index in [1.807, 2.05) is 20.8 Å². The molecule has 0 aliphatic heterocycles. The van der Waals surface area contributed by atoms with Crippen molar-refractivity contribution < 1.29 is 14.6 Å². The Labute approximate surface area is 105 Å². The first-order valence-electron chi connectivity index (χ1n) is 5.24. The minimum atomic E-state index is -0.984. The highest BCUT2D eigenvalue weighted by molar-refractivity contribution is 7.13. The van der Waals surface area contributed by atoms with Crippen LogP contribution in [-0.2, 0) is 11.3 Å². The second-order valence-electron chi connectivity index (χ2n) is 4.91. The zero-order valence-corrected chi connectivity index (χ0v) is 11.3. The average Bonchev–Trinajstić information content (AvgIpc) is 2.60. The molecular formula is C11H18N2O3S. The topological polar surface area (TPSA) is 85.4 Å². The Hall–Kier alpha value is -0.980. The molecule has 1 atom stereocenters. The molecule has 0 bridgehead atoms. The molecule has 1 aromatic heterocycles. The highest BCUT2D eigenvalue weighted by atomic mass is 32.1. The summed E-state index contributed by atoms with van der Waals surface area (Å²) < 4.78 is 4.94. The van der Waals surface area contributed by atoms with Gasteiger partial charge in [0.25, 0.3) is 0 Å². The Morgan fingerprint density at radius 3 is 2.59 bits per heavy atom. The van der Waals surface area contributed by atoms with Crippen LogP contribution in [0.3, 0.4) is 0 Å². The number of hydrogen-bond donors (Lipinski definition) is 2. The van der Waals surface area contributed by atoms with E-state index in [0.29, 0.717) is 10.7 Å². The SMILES string of the molecule is COCc1nc(C(N)C(C)(C)C)sc1C(=O)O. The van der Waals surface area contributed by atoms with Gasteiger partial charge in [0.2, 0.25) is 0 Å². The molecule has 6 heteroatoms. The van der Waals surface area contributed by atoms with Gasteiger partial charge in [-0.15, -0.1) is 11.3 Å². The van der Waals surface area contributed by atoms with Crippen LogP contribution in [0.15, 0.2) is 0 Å². The lowest BCUT2D eigenvalue weighted by Crippen LogP contribution is -2.26. The molecule has 3 N–H and O–H groups in total. The third-order valence-corrected chi connectivity index (χ3v) is 3.56. The van der Waals surface area contributed by atoms with Crippen LogP contribution in [0.2, 0.25) is 0 Å². The van der Waals surface area contributed by atoms with Gasteiger partial charge in [-0.25, -0.2) is 9.78 Å². The number of carbonyl (C=O) groups is 1. The second-order valence-corrected chi connectivity index (χ2v) is 5.94. The molecule has 96 valence electrons. The van der Waals surface area contributed by atoms with Crippen molar-refractivity contribution in [3.05, 3.63) is 15.6 Å². The van der Waals surface area contributed by atoms with Crippen LogP contribution in [0.25, 0.3) is 0 Å². The van der Waals surface area contributed by atoms with Gasteiger partial charge in [-0.1, -0.05) is 20.8 Å². The van der Waals surface area contributed by atoms with Crippen LogP contribution in [0, 0.1) is 5.41 Å². The molecule has 0 saturated heterocycles. The summed E-state index contributed by atoms with van der Waals surface area (Å²) in [6, 6.07) is -0.281. The fourth-order valence-corrected chi connectivity index (χ4v) is 2.43. The summed E-state index contributed by atoms with van der Waals surface area (Å²) in [6.07, 6.45) is 0. The van der Waals surface area contributed by atoms with Crippen molar-refractivity contribution in [2.24, 2.45) is 11.1 Å². The molecule has 1 aromatic rings. The molecule has 0 amide bonds. The van der Waals surface area contributed by atoms with Crippen molar-refractivity contribution in [3.8, 4) is 0 Å². The van der Waals surface area contributed by atoms with Gasteiger partial charge in [-0.2, -0.15) is 0 Å². The summed E-state index contributed by atoms with van der Waals surface area (Å²) in [7, 11) is 1.51. The van der Waals surface area contributed by atoms with Gasteiger partial charge >= 0.3 is 5.97 Å². The van der Waals surface area contributed by atoms with E-state index in [9.17, 15) is 4.79 Å². The summed E-state index contributed by atoms with van der Waals surface area (Å²) in [6.45, 7) is 6.18. The first-order chi connectivity index (χ1) is 7.77. The smallest absolute Gasteiger partial charge is 0.347 e. The lowest BCUT2D eigenvalue weighted by molar-refractivity contribution is 0.0697. The number of aromatic nitrogens is 1. The summed E-state index contributed by atoms with van der Waals surface area (Å²) in [5.74, 6) is -0.984. The standard InChI is InChI=1S/C11H18N2O3S/c1-11(2,3)8(12)9-13-6(5-16-4)7(17-9)10(14)15/h8H,5,12H2,1-4H3,(H,14,15). The summed E-state index contributed by atoms with van der Waals surface area (Å²) in [5, 5.41) is 9.70.